The second kappa shape index (κ2) is 9.46. The van der Waals surface area contributed by atoms with Crippen LogP contribution in [0.25, 0.3) is 0 Å². The Morgan fingerprint density at radius 2 is 2.03 bits per heavy atom. The van der Waals surface area contributed by atoms with Gasteiger partial charge in [0.25, 0.3) is 0 Å². The van der Waals surface area contributed by atoms with Crippen molar-refractivity contribution >= 4 is 5.78 Å². The molecule has 0 spiro atoms. The van der Waals surface area contributed by atoms with Crippen LogP contribution < -0.4 is 14.2 Å². The van der Waals surface area contributed by atoms with Crippen molar-refractivity contribution < 1.29 is 24.1 Å². The number of hydrogen-bond acceptors (Lipinski definition) is 5. The third kappa shape index (κ3) is 4.14. The summed E-state index contributed by atoms with van der Waals surface area (Å²) in [4.78, 5) is 13.5. The lowest BCUT2D eigenvalue weighted by Gasteiger charge is -2.38. The second-order valence-corrected chi connectivity index (χ2v) is 7.72. The molecule has 0 bridgehead atoms. The average Bonchev–Trinajstić information content (AvgIpc) is 2.78. The Morgan fingerprint density at radius 3 is 2.71 bits per heavy atom. The van der Waals surface area contributed by atoms with Crippen molar-refractivity contribution in [3.8, 4) is 23.0 Å². The summed E-state index contributed by atoms with van der Waals surface area (Å²) in [5.74, 6) is 1.57. The number of phenols is 1. The molecule has 4 rings (SSSR count). The van der Waals surface area contributed by atoms with E-state index in [0.29, 0.717) is 29.0 Å². The first-order chi connectivity index (χ1) is 14.9. The molecular weight excluding hydrogens is 392 g/mol. The lowest BCUT2D eigenvalue weighted by Crippen LogP contribution is -2.43. The van der Waals surface area contributed by atoms with Crippen LogP contribution in [-0.2, 0) is 6.42 Å². The summed E-state index contributed by atoms with van der Waals surface area (Å²) >= 11 is 0. The van der Waals surface area contributed by atoms with Gasteiger partial charge in [0, 0.05) is 11.1 Å². The predicted molar refractivity (Wildman–Crippen MR) is 122 cm³/mol. The number of fused-ring (bicyclic) bond motifs is 4. The molecule has 2 aromatic rings. The summed E-state index contributed by atoms with van der Waals surface area (Å²) in [6.45, 7) is 10.4. The summed E-state index contributed by atoms with van der Waals surface area (Å²) < 4.78 is 17.6. The number of carbonyl (C=O) groups excluding carboxylic acids is 1. The molecule has 2 aliphatic heterocycles. The fourth-order valence-corrected chi connectivity index (χ4v) is 4.03. The maximum absolute atomic E-state index is 13.5. The highest BCUT2D eigenvalue weighted by molar-refractivity contribution is 6.05. The minimum Gasteiger partial charge on any atom is -0.508 e. The van der Waals surface area contributed by atoms with Gasteiger partial charge in [-0.1, -0.05) is 32.4 Å². The van der Waals surface area contributed by atoms with Crippen LogP contribution in [0.1, 0.15) is 67.1 Å². The molecule has 2 heterocycles. The van der Waals surface area contributed by atoms with E-state index in [1.54, 1.807) is 19.2 Å². The molecule has 2 atom stereocenters. The molecule has 0 unspecified atom stereocenters. The van der Waals surface area contributed by atoms with Gasteiger partial charge in [-0.3, -0.25) is 4.79 Å². The highest BCUT2D eigenvalue weighted by Crippen LogP contribution is 2.47. The number of benzene rings is 2. The van der Waals surface area contributed by atoms with Gasteiger partial charge in [0.05, 0.1) is 18.6 Å². The van der Waals surface area contributed by atoms with Gasteiger partial charge >= 0.3 is 0 Å². The molecular formula is C26H32O5. The van der Waals surface area contributed by atoms with Crippen molar-refractivity contribution in [1.82, 2.24) is 0 Å². The first-order valence-corrected chi connectivity index (χ1v) is 11.0. The number of rotatable bonds is 4. The molecule has 2 aliphatic rings. The maximum atomic E-state index is 13.5. The van der Waals surface area contributed by atoms with Gasteiger partial charge < -0.3 is 19.3 Å². The van der Waals surface area contributed by atoms with Crippen LogP contribution in [0.15, 0.2) is 35.9 Å². The van der Waals surface area contributed by atoms with Crippen LogP contribution in [0, 0.1) is 6.92 Å². The summed E-state index contributed by atoms with van der Waals surface area (Å²) in [7, 11) is 1.62. The molecule has 166 valence electrons. The molecule has 0 amide bonds. The molecule has 0 fully saturated rings. The monoisotopic (exact) mass is 424 g/mol. The van der Waals surface area contributed by atoms with E-state index < -0.39 is 12.0 Å². The van der Waals surface area contributed by atoms with Crippen molar-refractivity contribution in [2.45, 2.75) is 59.5 Å². The van der Waals surface area contributed by atoms with Gasteiger partial charge in [-0.2, -0.15) is 0 Å². The summed E-state index contributed by atoms with van der Waals surface area (Å²) in [6.07, 6.45) is 3.08. The minimum atomic E-state index is -0.453. The number of aromatic hydroxyl groups is 1. The van der Waals surface area contributed by atoms with Crippen molar-refractivity contribution in [3.63, 3.8) is 0 Å². The fraction of sp³-hybridized carbons (Fsp3) is 0.423. The Kier molecular flexibility index (Phi) is 6.94. The van der Waals surface area contributed by atoms with Crippen LogP contribution in [0.4, 0.5) is 0 Å². The van der Waals surface area contributed by atoms with E-state index in [-0.39, 0.29) is 18.1 Å². The van der Waals surface area contributed by atoms with Crippen molar-refractivity contribution in [3.05, 3.63) is 58.2 Å². The fourth-order valence-electron chi connectivity index (χ4n) is 4.03. The van der Waals surface area contributed by atoms with Crippen LogP contribution >= 0.6 is 0 Å². The zero-order valence-corrected chi connectivity index (χ0v) is 19.2. The van der Waals surface area contributed by atoms with Crippen LogP contribution in [0.5, 0.6) is 23.0 Å². The molecule has 2 aromatic carbocycles. The van der Waals surface area contributed by atoms with Crippen molar-refractivity contribution in [2.75, 3.05) is 13.7 Å². The number of carbonyl (C=O) groups is 1. The van der Waals surface area contributed by atoms with Crippen molar-refractivity contribution in [2.24, 2.45) is 0 Å². The Labute approximate surface area is 184 Å². The minimum absolute atomic E-state index is 0.0100. The van der Waals surface area contributed by atoms with Crippen LogP contribution in [0.3, 0.4) is 0 Å². The largest absolute Gasteiger partial charge is 0.508 e. The van der Waals surface area contributed by atoms with E-state index in [9.17, 15) is 9.90 Å². The molecule has 0 aliphatic carbocycles. The van der Waals surface area contributed by atoms with E-state index in [2.05, 4.69) is 19.9 Å². The number of ether oxygens (including phenoxy) is 3. The van der Waals surface area contributed by atoms with E-state index in [1.807, 2.05) is 32.9 Å². The van der Waals surface area contributed by atoms with E-state index in [0.717, 1.165) is 23.3 Å². The highest BCUT2D eigenvalue weighted by Gasteiger charge is 2.44. The molecule has 5 heteroatoms. The quantitative estimate of drug-likeness (QED) is 0.633. The molecule has 1 N–H and O–H groups in total. The number of methoxy groups -OCH3 is 1. The van der Waals surface area contributed by atoms with Gasteiger partial charge in [0.15, 0.2) is 5.78 Å². The zero-order valence-electron chi connectivity index (χ0n) is 19.2. The second-order valence-electron chi connectivity index (χ2n) is 7.72. The Morgan fingerprint density at radius 1 is 1.29 bits per heavy atom. The molecule has 5 nitrogen and oxygen atoms in total. The van der Waals surface area contributed by atoms with Gasteiger partial charge in [-0.05, 0) is 56.5 Å². The summed E-state index contributed by atoms with van der Waals surface area (Å²) in [5.41, 5.74) is 4.12. The number of aryl methyl sites for hydroxylation is 1. The molecule has 0 aromatic heterocycles. The average molecular weight is 425 g/mol. The topological polar surface area (TPSA) is 65.0 Å². The summed E-state index contributed by atoms with van der Waals surface area (Å²) in [6, 6.07) is 7.03. The smallest absolute Gasteiger partial charge is 0.178 e. The predicted octanol–water partition coefficient (Wildman–Crippen LogP) is 5.75. The van der Waals surface area contributed by atoms with Crippen LogP contribution in [-0.4, -0.2) is 30.7 Å². The van der Waals surface area contributed by atoms with Crippen LogP contribution in [0.2, 0.25) is 0 Å². The van der Waals surface area contributed by atoms with Crippen molar-refractivity contribution in [1.29, 1.82) is 0 Å². The third-order valence-electron chi connectivity index (χ3n) is 5.90. The normalized spacial score (nSPS) is 19.0. The molecule has 0 saturated heterocycles. The van der Waals surface area contributed by atoms with Gasteiger partial charge in [-0.15, -0.1) is 0 Å². The van der Waals surface area contributed by atoms with E-state index in [1.165, 1.54) is 5.57 Å². The Hall–Kier alpha value is -2.95. The highest BCUT2D eigenvalue weighted by atomic mass is 16.5. The molecule has 0 saturated carbocycles. The van der Waals surface area contributed by atoms with E-state index in [4.69, 9.17) is 14.2 Å². The Bertz CT molecular complexity index is 1010. The number of phenolic OH excluding ortho intramolecular Hbond substituents is 1. The summed E-state index contributed by atoms with van der Waals surface area (Å²) in [5, 5.41) is 10.4. The standard InChI is InChI=1S/C24H26O5.C2H6/c1-5-13(2)6-7-15-18(25)9-8-16-23(26)22-17-11-19(27-4)14(3)10-20(17)28-12-21(22)29-24(15)16;1-2/h6,8-11,21-22,25H,5,7,12H2,1-4H3;1-2H3/b13-6+;/t21-,22+;/m1./s1. The maximum Gasteiger partial charge on any atom is 0.178 e. The number of Topliss-reactive ketones (excluding diaryl/α,β-unsaturated/α-hetero) is 1. The number of allylic oxidation sites excluding steroid dienone is 2. The zero-order chi connectivity index (χ0) is 22.7. The number of ketones is 1. The SMILES string of the molecule is CC.CC/C(C)=C/Cc1c(O)ccc2c1O[C@@H]1COc3cc(C)c(OC)cc3[C@@H]1C2=O. The van der Waals surface area contributed by atoms with Gasteiger partial charge in [0.2, 0.25) is 0 Å². The third-order valence-corrected chi connectivity index (χ3v) is 5.90. The number of hydrogen-bond donors (Lipinski definition) is 1. The molecule has 0 radical (unpaired) electrons. The first-order valence-electron chi connectivity index (χ1n) is 11.0. The lowest BCUT2D eigenvalue weighted by molar-refractivity contribution is 0.0554. The van der Waals surface area contributed by atoms with E-state index >= 15 is 0 Å². The lowest BCUT2D eigenvalue weighted by atomic mass is 9.81. The van der Waals surface area contributed by atoms with Gasteiger partial charge in [0.1, 0.15) is 35.7 Å². The first kappa shape index (κ1) is 22.7. The van der Waals surface area contributed by atoms with Gasteiger partial charge in [-0.25, -0.2) is 0 Å². The molecule has 31 heavy (non-hydrogen) atoms. The Balaban J connectivity index is 0.00000132.